The molecular formula is C30H39N3O5. The second-order valence-corrected chi connectivity index (χ2v) is 11.2. The van der Waals surface area contributed by atoms with Crippen molar-refractivity contribution in [3.63, 3.8) is 0 Å². The number of carbonyl (C=O) groups is 4. The van der Waals surface area contributed by atoms with E-state index in [2.05, 4.69) is 10.3 Å². The number of nitrogens with zero attached hydrogens (tertiary/aromatic N) is 1. The zero-order chi connectivity index (χ0) is 26.8. The minimum atomic E-state index is -0.698. The van der Waals surface area contributed by atoms with Crippen molar-refractivity contribution in [1.82, 2.24) is 15.2 Å². The van der Waals surface area contributed by atoms with E-state index in [0.29, 0.717) is 37.3 Å². The first-order valence-electron chi connectivity index (χ1n) is 14.2. The number of amides is 2. The van der Waals surface area contributed by atoms with Gasteiger partial charge >= 0.3 is 0 Å². The van der Waals surface area contributed by atoms with E-state index in [1.165, 1.54) is 0 Å². The summed E-state index contributed by atoms with van der Waals surface area (Å²) in [5.41, 5.74) is 1.23. The number of hydrogen-bond acceptors (Lipinski definition) is 5. The van der Waals surface area contributed by atoms with Crippen LogP contribution in [0.25, 0.3) is 10.9 Å². The maximum absolute atomic E-state index is 13.9. The fourth-order valence-electron chi connectivity index (χ4n) is 6.96. The van der Waals surface area contributed by atoms with Crippen LogP contribution in [0.4, 0.5) is 0 Å². The van der Waals surface area contributed by atoms with E-state index in [-0.39, 0.29) is 41.1 Å². The number of carbonyl (C=O) groups excluding carboxylic acids is 4. The van der Waals surface area contributed by atoms with Crippen LogP contribution in [0.3, 0.4) is 0 Å². The molecule has 2 N–H and O–H groups in total. The third kappa shape index (κ3) is 5.09. The average Bonchev–Trinajstić information content (AvgIpc) is 3.55. The van der Waals surface area contributed by atoms with Crippen LogP contribution in [-0.2, 0) is 14.4 Å². The average molecular weight is 522 g/mol. The lowest BCUT2D eigenvalue weighted by Gasteiger charge is -2.32. The Morgan fingerprint density at radius 1 is 1.13 bits per heavy atom. The molecule has 8 heteroatoms. The van der Waals surface area contributed by atoms with Gasteiger partial charge in [0.25, 0.3) is 5.91 Å². The Kier molecular flexibility index (Phi) is 7.86. The minimum Gasteiger partial charge on any atom is -0.496 e. The van der Waals surface area contributed by atoms with Gasteiger partial charge in [-0.25, -0.2) is 0 Å². The summed E-state index contributed by atoms with van der Waals surface area (Å²) >= 11 is 0. The Balaban J connectivity index is 1.40. The number of hydrogen-bond donors (Lipinski definition) is 2. The zero-order valence-corrected chi connectivity index (χ0v) is 22.5. The van der Waals surface area contributed by atoms with Crippen LogP contribution >= 0.6 is 0 Å². The van der Waals surface area contributed by atoms with Crippen LogP contribution in [0.1, 0.15) is 81.6 Å². The molecule has 38 heavy (non-hydrogen) atoms. The molecule has 2 saturated carbocycles. The van der Waals surface area contributed by atoms with Gasteiger partial charge in [-0.2, -0.15) is 0 Å². The minimum absolute atomic E-state index is 0.0597. The van der Waals surface area contributed by atoms with E-state index in [1.807, 2.05) is 18.2 Å². The molecule has 3 fully saturated rings. The van der Waals surface area contributed by atoms with Crippen LogP contribution in [0.15, 0.2) is 24.3 Å². The van der Waals surface area contributed by atoms with Gasteiger partial charge in [0.15, 0.2) is 5.78 Å². The number of aromatic nitrogens is 1. The summed E-state index contributed by atoms with van der Waals surface area (Å²) in [5.74, 6) is 0.488. The molecule has 2 aliphatic carbocycles. The van der Waals surface area contributed by atoms with E-state index in [9.17, 15) is 19.2 Å². The molecule has 1 aromatic heterocycles. The van der Waals surface area contributed by atoms with Crippen LogP contribution in [-0.4, -0.2) is 59.0 Å². The molecule has 0 spiro atoms. The van der Waals surface area contributed by atoms with Crippen molar-refractivity contribution in [2.75, 3.05) is 13.7 Å². The third-order valence-electron chi connectivity index (χ3n) is 9.00. The van der Waals surface area contributed by atoms with Gasteiger partial charge in [0.2, 0.25) is 5.91 Å². The van der Waals surface area contributed by atoms with Gasteiger partial charge in [0.1, 0.15) is 23.3 Å². The van der Waals surface area contributed by atoms with Crippen LogP contribution in [0.5, 0.6) is 5.75 Å². The highest BCUT2D eigenvalue weighted by atomic mass is 16.5. The number of Topliss-reactive ketones (excluding diaryl/α,β-unsaturated/α-hetero) is 2. The van der Waals surface area contributed by atoms with Gasteiger partial charge in [-0.15, -0.1) is 0 Å². The number of benzene rings is 1. The molecule has 2 aromatic rings. The first kappa shape index (κ1) is 26.4. The highest BCUT2D eigenvalue weighted by Gasteiger charge is 2.49. The van der Waals surface area contributed by atoms with Gasteiger partial charge in [0, 0.05) is 36.2 Å². The summed E-state index contributed by atoms with van der Waals surface area (Å²) in [6.45, 7) is 2.32. The lowest BCUT2D eigenvalue weighted by atomic mass is 9.78. The molecule has 1 aromatic carbocycles. The second kappa shape index (κ2) is 11.3. The van der Waals surface area contributed by atoms with E-state index < -0.39 is 12.1 Å². The number of H-pyrrole nitrogens is 1. The number of methoxy groups -OCH3 is 1. The smallest absolute Gasteiger partial charge is 0.271 e. The van der Waals surface area contributed by atoms with Gasteiger partial charge in [0.05, 0.1) is 13.2 Å². The number of fused-ring (bicyclic) bond motifs is 2. The van der Waals surface area contributed by atoms with Crippen molar-refractivity contribution in [3.05, 3.63) is 30.0 Å². The summed E-state index contributed by atoms with van der Waals surface area (Å²) in [7, 11) is 1.60. The van der Waals surface area contributed by atoms with Gasteiger partial charge < -0.3 is 19.9 Å². The summed E-state index contributed by atoms with van der Waals surface area (Å²) in [5, 5.41) is 3.85. The fraction of sp³-hybridized carbons (Fsp3) is 0.600. The Morgan fingerprint density at radius 2 is 1.92 bits per heavy atom. The summed E-state index contributed by atoms with van der Waals surface area (Å²) < 4.78 is 5.46. The van der Waals surface area contributed by atoms with Gasteiger partial charge in [-0.3, -0.25) is 19.2 Å². The summed E-state index contributed by atoms with van der Waals surface area (Å²) in [4.78, 5) is 58.1. The molecule has 1 saturated heterocycles. The van der Waals surface area contributed by atoms with Crippen molar-refractivity contribution in [2.45, 2.75) is 83.2 Å². The lowest BCUT2D eigenvalue weighted by Crippen LogP contribution is -2.53. The molecule has 3 aliphatic rings. The first-order chi connectivity index (χ1) is 18.4. The lowest BCUT2D eigenvalue weighted by molar-refractivity contribution is -0.132. The van der Waals surface area contributed by atoms with Crippen molar-refractivity contribution in [3.8, 4) is 5.75 Å². The summed E-state index contributed by atoms with van der Waals surface area (Å²) in [6, 6.07) is 6.09. The molecular weight excluding hydrogens is 482 g/mol. The number of likely N-dealkylation sites (tertiary alicyclic amines) is 1. The molecule has 1 aliphatic heterocycles. The van der Waals surface area contributed by atoms with Crippen LogP contribution in [0, 0.1) is 17.8 Å². The zero-order valence-electron chi connectivity index (χ0n) is 22.5. The number of nitrogens with one attached hydrogen (secondary N) is 2. The van der Waals surface area contributed by atoms with E-state index in [0.717, 1.165) is 55.8 Å². The molecule has 0 radical (unpaired) electrons. The van der Waals surface area contributed by atoms with E-state index >= 15 is 0 Å². The SMILES string of the molecule is CCC(=O)C(CC1CCCCC1=O)NC(=O)C1C2CCCCC2CN1C(=O)c1cc2c(OC)cccc2[nH]1. The third-order valence-corrected chi connectivity index (χ3v) is 9.00. The molecule has 5 atom stereocenters. The highest BCUT2D eigenvalue weighted by Crippen LogP contribution is 2.41. The second-order valence-electron chi connectivity index (χ2n) is 11.2. The quantitative estimate of drug-likeness (QED) is 0.535. The van der Waals surface area contributed by atoms with Crippen molar-refractivity contribution in [2.24, 2.45) is 17.8 Å². The maximum Gasteiger partial charge on any atom is 0.271 e. The van der Waals surface area contributed by atoms with Crippen LogP contribution in [0.2, 0.25) is 0 Å². The fourth-order valence-corrected chi connectivity index (χ4v) is 6.96. The molecule has 0 bridgehead atoms. The highest BCUT2D eigenvalue weighted by molar-refractivity contribution is 6.02. The summed E-state index contributed by atoms with van der Waals surface area (Å²) in [6.07, 6.45) is 7.85. The molecule has 2 heterocycles. The predicted octanol–water partition coefficient (Wildman–Crippen LogP) is 4.42. The monoisotopic (exact) mass is 521 g/mol. The number of ether oxygens (including phenoxy) is 1. The molecule has 5 unspecified atom stereocenters. The number of ketones is 2. The van der Waals surface area contributed by atoms with Gasteiger partial charge in [-0.1, -0.05) is 32.3 Å². The van der Waals surface area contributed by atoms with Crippen molar-refractivity contribution >= 4 is 34.3 Å². The predicted molar refractivity (Wildman–Crippen MR) is 144 cm³/mol. The van der Waals surface area contributed by atoms with E-state index in [4.69, 9.17) is 4.74 Å². The Hall–Kier alpha value is -3.16. The standard InChI is InChI=1S/C30H39N3O5/c1-3-25(34)23(15-18-9-5-7-13-26(18)35)32-29(36)28-20-11-6-4-10-19(20)17-33(28)30(37)24-16-21-22(31-24)12-8-14-27(21)38-2/h8,12,14,16,18-20,23,28,31H,3-7,9-11,13,15,17H2,1-2H3,(H,32,36). The Morgan fingerprint density at radius 3 is 2.68 bits per heavy atom. The largest absolute Gasteiger partial charge is 0.496 e. The topological polar surface area (TPSA) is 109 Å². The first-order valence-corrected chi connectivity index (χ1v) is 14.2. The van der Waals surface area contributed by atoms with Gasteiger partial charge in [-0.05, 0) is 62.1 Å². The molecule has 2 amide bonds. The number of rotatable bonds is 8. The van der Waals surface area contributed by atoms with Crippen molar-refractivity contribution < 1.29 is 23.9 Å². The maximum atomic E-state index is 13.9. The molecule has 5 rings (SSSR count). The molecule has 204 valence electrons. The van der Waals surface area contributed by atoms with E-state index in [1.54, 1.807) is 25.0 Å². The van der Waals surface area contributed by atoms with Crippen LogP contribution < -0.4 is 10.1 Å². The normalized spacial score (nSPS) is 26.2. The molecule has 8 nitrogen and oxygen atoms in total. The van der Waals surface area contributed by atoms with Crippen molar-refractivity contribution in [1.29, 1.82) is 0 Å². The Labute approximate surface area is 223 Å². The Bertz CT molecular complexity index is 1220. The number of aromatic amines is 1.